The van der Waals surface area contributed by atoms with Crippen LogP contribution in [0.4, 0.5) is 13.2 Å². The zero-order valence-corrected chi connectivity index (χ0v) is 12.6. The first kappa shape index (κ1) is 14.7. The number of nitrogens with zero attached hydrogens (tertiary/aromatic N) is 2. The van der Waals surface area contributed by atoms with Gasteiger partial charge in [0.2, 0.25) is 0 Å². The molecule has 0 spiro atoms. The topological polar surface area (TPSA) is 16.1 Å². The molecule has 2 aliphatic rings. The lowest BCUT2D eigenvalue weighted by Crippen LogP contribution is -2.26. The van der Waals surface area contributed by atoms with E-state index in [9.17, 15) is 13.2 Å². The molecule has 1 saturated heterocycles. The number of aromatic nitrogens is 1. The molecule has 2 fully saturated rings. The summed E-state index contributed by atoms with van der Waals surface area (Å²) in [5.74, 6) is 0.524. The van der Waals surface area contributed by atoms with Crippen LogP contribution in [0.3, 0.4) is 0 Å². The van der Waals surface area contributed by atoms with E-state index in [1.54, 1.807) is 6.07 Å². The van der Waals surface area contributed by atoms with E-state index in [0.717, 1.165) is 44.0 Å². The van der Waals surface area contributed by atoms with Crippen LogP contribution in [0.15, 0.2) is 48.7 Å². The number of hydrogen-bond acceptors (Lipinski definition) is 2. The van der Waals surface area contributed by atoms with Crippen LogP contribution in [-0.4, -0.2) is 23.0 Å². The number of likely N-dealkylation sites (tertiary alicyclic amines) is 1. The third-order valence-electron chi connectivity index (χ3n) is 5.07. The summed E-state index contributed by atoms with van der Waals surface area (Å²) in [6, 6.07) is 13.0. The summed E-state index contributed by atoms with van der Waals surface area (Å²) in [5.41, 5.74) is 1.38. The van der Waals surface area contributed by atoms with Gasteiger partial charge in [-0.05, 0) is 30.0 Å². The van der Waals surface area contributed by atoms with Crippen molar-refractivity contribution in [1.82, 2.24) is 9.88 Å². The average molecular weight is 318 g/mol. The number of benzene rings is 1. The molecule has 1 aliphatic heterocycles. The third-order valence-corrected chi connectivity index (χ3v) is 5.07. The van der Waals surface area contributed by atoms with Crippen LogP contribution in [0.1, 0.15) is 23.2 Å². The van der Waals surface area contributed by atoms with E-state index in [1.165, 1.54) is 5.56 Å². The largest absolute Gasteiger partial charge is 0.417 e. The monoisotopic (exact) mass is 318 g/mol. The Labute approximate surface area is 133 Å². The SMILES string of the molecule is FC(F)(F)c1ccc([C@@]23C[C@@H]2CN(Cc2ccccc2)C3)nc1. The number of pyridine rings is 1. The van der Waals surface area contributed by atoms with Gasteiger partial charge in [0.15, 0.2) is 0 Å². The molecule has 0 amide bonds. The first-order chi connectivity index (χ1) is 11.0. The molecule has 4 rings (SSSR count). The molecule has 120 valence electrons. The quantitative estimate of drug-likeness (QED) is 0.854. The number of halogens is 3. The van der Waals surface area contributed by atoms with Crippen LogP contribution < -0.4 is 0 Å². The molecule has 2 heterocycles. The van der Waals surface area contributed by atoms with E-state index in [4.69, 9.17) is 0 Å². The van der Waals surface area contributed by atoms with Crippen LogP contribution in [-0.2, 0) is 18.1 Å². The van der Waals surface area contributed by atoms with Crippen molar-refractivity contribution in [2.24, 2.45) is 5.92 Å². The molecule has 0 unspecified atom stereocenters. The number of hydrogen-bond donors (Lipinski definition) is 0. The molecule has 2 nitrogen and oxygen atoms in total. The molecular formula is C18H17F3N2. The number of alkyl halides is 3. The van der Waals surface area contributed by atoms with Gasteiger partial charge < -0.3 is 0 Å². The summed E-state index contributed by atoms with van der Waals surface area (Å²) in [6.07, 6.45) is -2.31. The number of piperidine rings is 1. The fourth-order valence-electron chi connectivity index (χ4n) is 3.80. The fourth-order valence-corrected chi connectivity index (χ4v) is 3.80. The Hall–Kier alpha value is -1.88. The van der Waals surface area contributed by atoms with E-state index >= 15 is 0 Å². The van der Waals surface area contributed by atoms with Crippen molar-refractivity contribution in [2.45, 2.75) is 24.6 Å². The molecule has 2 aromatic rings. The summed E-state index contributed by atoms with van der Waals surface area (Å²) in [5, 5.41) is 0. The Morgan fingerprint density at radius 2 is 1.91 bits per heavy atom. The summed E-state index contributed by atoms with van der Waals surface area (Å²) < 4.78 is 38.0. The Morgan fingerprint density at radius 1 is 1.13 bits per heavy atom. The highest BCUT2D eigenvalue weighted by Gasteiger charge is 2.61. The van der Waals surface area contributed by atoms with Crippen molar-refractivity contribution in [3.05, 3.63) is 65.5 Å². The summed E-state index contributed by atoms with van der Waals surface area (Å²) in [6.45, 7) is 2.77. The zero-order chi connectivity index (χ0) is 16.1. The highest BCUT2D eigenvalue weighted by Crippen LogP contribution is 2.58. The zero-order valence-electron chi connectivity index (χ0n) is 12.6. The number of fused-ring (bicyclic) bond motifs is 1. The molecule has 5 heteroatoms. The smallest absolute Gasteiger partial charge is 0.298 e. The predicted molar refractivity (Wildman–Crippen MR) is 80.7 cm³/mol. The van der Waals surface area contributed by atoms with Gasteiger partial charge in [-0.2, -0.15) is 13.2 Å². The lowest BCUT2D eigenvalue weighted by Gasteiger charge is -2.21. The standard InChI is InChI=1S/C18H17F3N2/c19-18(20,21)14-6-7-16(22-9-14)17-8-15(17)11-23(12-17)10-13-4-2-1-3-5-13/h1-7,9,15H,8,10-12H2/t15-,17-/m1/s1. The highest BCUT2D eigenvalue weighted by molar-refractivity contribution is 5.34. The maximum Gasteiger partial charge on any atom is 0.417 e. The summed E-state index contributed by atoms with van der Waals surface area (Å²) >= 11 is 0. The summed E-state index contributed by atoms with van der Waals surface area (Å²) in [4.78, 5) is 6.51. The minimum Gasteiger partial charge on any atom is -0.298 e. The van der Waals surface area contributed by atoms with Gasteiger partial charge >= 0.3 is 6.18 Å². The van der Waals surface area contributed by atoms with Crippen molar-refractivity contribution >= 4 is 0 Å². The molecule has 1 saturated carbocycles. The van der Waals surface area contributed by atoms with Crippen LogP contribution in [0.2, 0.25) is 0 Å². The lowest BCUT2D eigenvalue weighted by molar-refractivity contribution is -0.137. The molecule has 2 atom stereocenters. The molecule has 0 radical (unpaired) electrons. The van der Waals surface area contributed by atoms with E-state index in [2.05, 4.69) is 22.0 Å². The second-order valence-corrected chi connectivity index (χ2v) is 6.64. The van der Waals surface area contributed by atoms with Crippen LogP contribution in [0.5, 0.6) is 0 Å². The molecule has 1 aromatic carbocycles. The van der Waals surface area contributed by atoms with Crippen LogP contribution >= 0.6 is 0 Å². The van der Waals surface area contributed by atoms with E-state index in [1.807, 2.05) is 18.2 Å². The maximum absolute atomic E-state index is 12.7. The Balaban J connectivity index is 1.48. The first-order valence-corrected chi connectivity index (χ1v) is 7.77. The maximum atomic E-state index is 12.7. The fraction of sp³-hybridized carbons (Fsp3) is 0.389. The van der Waals surface area contributed by atoms with Crippen LogP contribution in [0.25, 0.3) is 0 Å². The predicted octanol–water partition coefficient (Wildman–Crippen LogP) is 3.87. The second kappa shape index (κ2) is 5.06. The highest BCUT2D eigenvalue weighted by atomic mass is 19.4. The normalized spacial score (nSPS) is 27.0. The molecule has 0 bridgehead atoms. The van der Waals surface area contributed by atoms with Crippen molar-refractivity contribution < 1.29 is 13.2 Å². The Bertz CT molecular complexity index is 696. The Kier molecular flexibility index (Phi) is 3.23. The first-order valence-electron chi connectivity index (χ1n) is 7.77. The molecule has 1 aromatic heterocycles. The minimum atomic E-state index is -4.32. The molecule has 23 heavy (non-hydrogen) atoms. The van der Waals surface area contributed by atoms with Gasteiger partial charge in [0, 0.05) is 36.9 Å². The van der Waals surface area contributed by atoms with E-state index in [0.29, 0.717) is 5.92 Å². The van der Waals surface area contributed by atoms with Crippen molar-refractivity contribution in [1.29, 1.82) is 0 Å². The van der Waals surface area contributed by atoms with Crippen LogP contribution in [0, 0.1) is 5.92 Å². The molecular weight excluding hydrogens is 301 g/mol. The van der Waals surface area contributed by atoms with Crippen molar-refractivity contribution in [3.63, 3.8) is 0 Å². The van der Waals surface area contributed by atoms with Gasteiger partial charge in [0.25, 0.3) is 0 Å². The minimum absolute atomic E-state index is 0.0289. The lowest BCUT2D eigenvalue weighted by atomic mass is 10.00. The van der Waals surface area contributed by atoms with E-state index < -0.39 is 11.7 Å². The van der Waals surface area contributed by atoms with Gasteiger partial charge in [-0.3, -0.25) is 9.88 Å². The molecule has 1 aliphatic carbocycles. The number of rotatable bonds is 3. The third kappa shape index (κ3) is 2.63. The van der Waals surface area contributed by atoms with Gasteiger partial charge in [-0.15, -0.1) is 0 Å². The Morgan fingerprint density at radius 3 is 2.57 bits per heavy atom. The van der Waals surface area contributed by atoms with Gasteiger partial charge in [0.1, 0.15) is 0 Å². The van der Waals surface area contributed by atoms with Crippen molar-refractivity contribution in [3.8, 4) is 0 Å². The van der Waals surface area contributed by atoms with Gasteiger partial charge in [-0.25, -0.2) is 0 Å². The van der Waals surface area contributed by atoms with Gasteiger partial charge in [-0.1, -0.05) is 30.3 Å². The van der Waals surface area contributed by atoms with Crippen molar-refractivity contribution in [2.75, 3.05) is 13.1 Å². The molecule has 0 N–H and O–H groups in total. The second-order valence-electron chi connectivity index (χ2n) is 6.64. The van der Waals surface area contributed by atoms with Gasteiger partial charge in [0.05, 0.1) is 5.56 Å². The summed E-state index contributed by atoms with van der Waals surface area (Å²) in [7, 11) is 0. The average Bonchev–Trinajstić information content (AvgIpc) is 3.10. The van der Waals surface area contributed by atoms with E-state index in [-0.39, 0.29) is 5.41 Å².